The lowest BCUT2D eigenvalue weighted by Crippen LogP contribution is -2.23. The lowest BCUT2D eigenvalue weighted by Gasteiger charge is -2.27. The smallest absolute Gasteiger partial charge is 0.119 e. The first-order valence-corrected chi connectivity index (χ1v) is 9.24. The molecule has 0 N–H and O–H groups in total. The minimum Gasteiger partial charge on any atom is -0.494 e. The Hall–Kier alpha value is -2.74. The van der Waals surface area contributed by atoms with E-state index in [0.29, 0.717) is 6.61 Å². The largest absolute Gasteiger partial charge is 0.494 e. The van der Waals surface area contributed by atoms with Crippen molar-refractivity contribution in [3.63, 3.8) is 0 Å². The van der Waals surface area contributed by atoms with Crippen LogP contribution in [0.5, 0.6) is 5.75 Å². The molecule has 0 atom stereocenters. The molecule has 0 aliphatic heterocycles. The Morgan fingerprint density at radius 2 is 1.19 bits per heavy atom. The van der Waals surface area contributed by atoms with Crippen LogP contribution < -0.4 is 9.64 Å². The van der Waals surface area contributed by atoms with Gasteiger partial charge in [0.25, 0.3) is 0 Å². The van der Waals surface area contributed by atoms with Gasteiger partial charge in [-0.15, -0.1) is 0 Å². The number of ether oxygens (including phenoxy) is 1. The molecule has 3 aromatic carbocycles. The van der Waals surface area contributed by atoms with Crippen molar-refractivity contribution in [1.82, 2.24) is 0 Å². The molecule has 2 nitrogen and oxygen atoms in total. The van der Waals surface area contributed by atoms with Crippen molar-refractivity contribution in [2.24, 2.45) is 0 Å². The van der Waals surface area contributed by atoms with E-state index in [-0.39, 0.29) is 0 Å². The molecule has 0 bridgehead atoms. The minimum absolute atomic E-state index is 0.690. The Bertz CT molecular complexity index is 791. The van der Waals surface area contributed by atoms with Gasteiger partial charge in [-0.3, -0.25) is 0 Å². The highest BCUT2D eigenvalue weighted by Crippen LogP contribution is 2.25. The molecule has 0 aromatic heterocycles. The molecular formula is C24H27NO. The van der Waals surface area contributed by atoms with Crippen LogP contribution in [-0.2, 0) is 13.1 Å². The van der Waals surface area contributed by atoms with Crippen LogP contribution in [0.1, 0.15) is 29.2 Å². The molecular weight excluding hydrogens is 318 g/mol. The van der Waals surface area contributed by atoms with Crippen LogP contribution in [-0.4, -0.2) is 6.61 Å². The summed E-state index contributed by atoms with van der Waals surface area (Å²) in [6, 6.07) is 25.6. The van der Waals surface area contributed by atoms with Gasteiger partial charge in [-0.05, 0) is 67.3 Å². The van der Waals surface area contributed by atoms with Gasteiger partial charge in [0.05, 0.1) is 6.61 Å². The van der Waals surface area contributed by atoms with E-state index >= 15 is 0 Å². The predicted octanol–water partition coefficient (Wildman–Crippen LogP) is 5.91. The highest BCUT2D eigenvalue weighted by molar-refractivity contribution is 5.51. The van der Waals surface area contributed by atoms with E-state index < -0.39 is 0 Å². The third kappa shape index (κ3) is 4.45. The van der Waals surface area contributed by atoms with Gasteiger partial charge in [0.1, 0.15) is 5.75 Å². The number of hydrogen-bond donors (Lipinski definition) is 0. The van der Waals surface area contributed by atoms with Gasteiger partial charge < -0.3 is 9.64 Å². The molecule has 2 heteroatoms. The van der Waals surface area contributed by atoms with Gasteiger partial charge in [0, 0.05) is 18.8 Å². The zero-order chi connectivity index (χ0) is 18.4. The molecule has 0 fully saturated rings. The molecule has 0 aliphatic carbocycles. The fourth-order valence-electron chi connectivity index (χ4n) is 3.14. The van der Waals surface area contributed by atoms with Gasteiger partial charge >= 0.3 is 0 Å². The van der Waals surface area contributed by atoms with Gasteiger partial charge in [0.2, 0.25) is 0 Å². The fourth-order valence-corrected chi connectivity index (χ4v) is 3.14. The molecule has 0 unspecified atom stereocenters. The Morgan fingerprint density at radius 3 is 1.65 bits per heavy atom. The van der Waals surface area contributed by atoms with Gasteiger partial charge in [-0.1, -0.05) is 48.5 Å². The van der Waals surface area contributed by atoms with E-state index in [1.54, 1.807) is 0 Å². The van der Waals surface area contributed by atoms with Crippen molar-refractivity contribution in [3.05, 3.63) is 95.1 Å². The number of aryl methyl sites for hydroxylation is 2. The second kappa shape index (κ2) is 8.57. The first-order valence-electron chi connectivity index (χ1n) is 9.24. The first kappa shape index (κ1) is 18.1. The summed E-state index contributed by atoms with van der Waals surface area (Å²) < 4.78 is 5.60. The zero-order valence-electron chi connectivity index (χ0n) is 15.9. The molecule has 0 heterocycles. The number of hydrogen-bond acceptors (Lipinski definition) is 2. The van der Waals surface area contributed by atoms with Crippen molar-refractivity contribution in [2.45, 2.75) is 33.9 Å². The predicted molar refractivity (Wildman–Crippen MR) is 110 cm³/mol. The van der Waals surface area contributed by atoms with Crippen LogP contribution in [0.2, 0.25) is 0 Å². The number of benzene rings is 3. The Morgan fingerprint density at radius 1 is 0.692 bits per heavy atom. The van der Waals surface area contributed by atoms with Crippen molar-refractivity contribution in [1.29, 1.82) is 0 Å². The second-order valence-electron chi connectivity index (χ2n) is 6.64. The van der Waals surface area contributed by atoms with E-state index in [4.69, 9.17) is 4.74 Å². The number of anilines is 1. The van der Waals surface area contributed by atoms with E-state index in [1.165, 1.54) is 27.9 Å². The van der Waals surface area contributed by atoms with Crippen LogP contribution >= 0.6 is 0 Å². The zero-order valence-corrected chi connectivity index (χ0v) is 15.9. The topological polar surface area (TPSA) is 12.5 Å². The summed E-state index contributed by atoms with van der Waals surface area (Å²) in [5.41, 5.74) is 6.58. The van der Waals surface area contributed by atoms with E-state index in [9.17, 15) is 0 Å². The summed E-state index contributed by atoms with van der Waals surface area (Å²) in [6.45, 7) is 8.83. The summed E-state index contributed by atoms with van der Waals surface area (Å²) in [5.74, 6) is 0.919. The quantitative estimate of drug-likeness (QED) is 0.528. The van der Waals surface area contributed by atoms with Crippen LogP contribution in [0.15, 0.2) is 72.8 Å². The highest BCUT2D eigenvalue weighted by atomic mass is 16.5. The molecule has 3 aromatic rings. The third-order valence-electron chi connectivity index (χ3n) is 4.76. The Kier molecular flexibility index (Phi) is 5.96. The molecule has 0 aliphatic rings. The first-order chi connectivity index (χ1) is 12.7. The monoisotopic (exact) mass is 345 g/mol. The van der Waals surface area contributed by atoms with Gasteiger partial charge in [0.15, 0.2) is 0 Å². The number of rotatable bonds is 7. The van der Waals surface area contributed by atoms with Crippen molar-refractivity contribution >= 4 is 5.69 Å². The highest BCUT2D eigenvalue weighted by Gasteiger charge is 2.11. The van der Waals surface area contributed by atoms with Crippen molar-refractivity contribution < 1.29 is 4.74 Å². The molecule has 0 amide bonds. The van der Waals surface area contributed by atoms with Crippen LogP contribution in [0.25, 0.3) is 0 Å². The molecule has 3 rings (SSSR count). The van der Waals surface area contributed by atoms with Gasteiger partial charge in [-0.25, -0.2) is 0 Å². The third-order valence-corrected chi connectivity index (χ3v) is 4.76. The van der Waals surface area contributed by atoms with E-state index in [1.807, 2.05) is 6.92 Å². The lowest BCUT2D eigenvalue weighted by atomic mass is 10.1. The Labute approximate surface area is 157 Å². The maximum Gasteiger partial charge on any atom is 0.119 e. The minimum atomic E-state index is 0.690. The van der Waals surface area contributed by atoms with E-state index in [0.717, 1.165) is 18.8 Å². The Balaban J connectivity index is 1.90. The normalized spacial score (nSPS) is 10.6. The van der Waals surface area contributed by atoms with Gasteiger partial charge in [-0.2, -0.15) is 0 Å². The molecule has 26 heavy (non-hydrogen) atoms. The molecule has 0 saturated carbocycles. The fraction of sp³-hybridized carbons (Fsp3) is 0.250. The number of nitrogens with zero attached hydrogens (tertiary/aromatic N) is 1. The van der Waals surface area contributed by atoms with Crippen molar-refractivity contribution in [2.75, 3.05) is 11.5 Å². The summed E-state index contributed by atoms with van der Waals surface area (Å²) in [7, 11) is 0. The molecule has 134 valence electrons. The van der Waals surface area contributed by atoms with Crippen LogP contribution in [0.4, 0.5) is 5.69 Å². The van der Waals surface area contributed by atoms with Crippen LogP contribution in [0.3, 0.4) is 0 Å². The summed E-state index contributed by atoms with van der Waals surface area (Å²) >= 11 is 0. The SMILES string of the molecule is CCOc1ccc(N(Cc2ccccc2C)Cc2ccccc2C)cc1. The van der Waals surface area contributed by atoms with Crippen LogP contribution in [0, 0.1) is 13.8 Å². The average Bonchev–Trinajstić information content (AvgIpc) is 2.65. The second-order valence-corrected chi connectivity index (χ2v) is 6.64. The molecule has 0 saturated heterocycles. The summed E-state index contributed by atoms with van der Waals surface area (Å²) in [5, 5.41) is 0. The standard InChI is InChI=1S/C24H27NO/c1-4-26-24-15-13-23(14-16-24)25(17-21-11-7-5-9-19(21)2)18-22-12-8-6-10-20(22)3/h5-16H,4,17-18H2,1-3H3. The maximum atomic E-state index is 5.60. The lowest BCUT2D eigenvalue weighted by molar-refractivity contribution is 0.340. The molecule has 0 radical (unpaired) electrons. The molecule has 0 spiro atoms. The van der Waals surface area contributed by atoms with E-state index in [2.05, 4.69) is 91.5 Å². The summed E-state index contributed by atoms with van der Waals surface area (Å²) in [4.78, 5) is 2.43. The summed E-state index contributed by atoms with van der Waals surface area (Å²) in [6.07, 6.45) is 0. The average molecular weight is 345 g/mol. The maximum absolute atomic E-state index is 5.60. The van der Waals surface area contributed by atoms with Crippen molar-refractivity contribution in [3.8, 4) is 5.75 Å².